The van der Waals surface area contributed by atoms with Gasteiger partial charge in [0, 0.05) is 18.3 Å². The molecule has 0 aliphatic heterocycles. The summed E-state index contributed by atoms with van der Waals surface area (Å²) in [4.78, 5) is 4.47. The Kier molecular flexibility index (Phi) is 5.26. The molecule has 16 heavy (non-hydrogen) atoms. The van der Waals surface area contributed by atoms with Crippen LogP contribution in [0, 0.1) is 5.92 Å². The van der Waals surface area contributed by atoms with Gasteiger partial charge < -0.3 is 10.5 Å². The first-order valence-electron chi connectivity index (χ1n) is 5.98. The number of aryl methyl sites for hydroxylation is 1. The summed E-state index contributed by atoms with van der Waals surface area (Å²) < 4.78 is 5.63. The third kappa shape index (κ3) is 4.19. The third-order valence-corrected chi connectivity index (χ3v) is 2.22. The lowest BCUT2D eigenvalue weighted by molar-refractivity contribution is 0.260. The molecule has 3 heteroatoms. The van der Waals surface area contributed by atoms with Crippen molar-refractivity contribution < 1.29 is 4.74 Å². The molecule has 0 radical (unpaired) electrons. The highest BCUT2D eigenvalue weighted by Crippen LogP contribution is 2.14. The molecule has 3 nitrogen and oxygen atoms in total. The summed E-state index contributed by atoms with van der Waals surface area (Å²) >= 11 is 0. The van der Waals surface area contributed by atoms with Gasteiger partial charge in [-0.3, -0.25) is 0 Å². The van der Waals surface area contributed by atoms with Crippen molar-refractivity contribution in [3.8, 4) is 5.88 Å². The van der Waals surface area contributed by atoms with E-state index in [1.165, 1.54) is 0 Å². The smallest absolute Gasteiger partial charge is 0.213 e. The third-order valence-electron chi connectivity index (χ3n) is 2.22. The van der Waals surface area contributed by atoms with E-state index in [4.69, 9.17) is 10.5 Å². The van der Waals surface area contributed by atoms with Crippen LogP contribution in [0.5, 0.6) is 5.88 Å². The molecule has 1 aromatic heterocycles. The van der Waals surface area contributed by atoms with Crippen LogP contribution in [0.25, 0.3) is 0 Å². The van der Waals surface area contributed by atoms with Crippen LogP contribution >= 0.6 is 0 Å². The number of hydrogen-bond donors (Lipinski definition) is 1. The molecule has 1 rings (SSSR count). The van der Waals surface area contributed by atoms with Crippen molar-refractivity contribution in [2.45, 2.75) is 40.2 Å². The van der Waals surface area contributed by atoms with Crippen molar-refractivity contribution in [1.82, 2.24) is 4.98 Å². The van der Waals surface area contributed by atoms with Crippen molar-refractivity contribution in [3.63, 3.8) is 0 Å². The van der Waals surface area contributed by atoms with Crippen molar-refractivity contribution in [2.24, 2.45) is 11.7 Å². The monoisotopic (exact) mass is 222 g/mol. The summed E-state index contributed by atoms with van der Waals surface area (Å²) in [6, 6.07) is 3.99. The quantitative estimate of drug-likeness (QED) is 0.804. The first-order chi connectivity index (χ1) is 7.65. The maximum atomic E-state index is 5.66. The maximum absolute atomic E-state index is 5.66. The van der Waals surface area contributed by atoms with Crippen molar-refractivity contribution in [1.29, 1.82) is 0 Å². The molecule has 0 unspecified atom stereocenters. The molecule has 0 amide bonds. The molecule has 0 fully saturated rings. The fourth-order valence-electron chi connectivity index (χ4n) is 1.45. The van der Waals surface area contributed by atoms with Crippen LogP contribution in [0.2, 0.25) is 0 Å². The number of pyridine rings is 1. The van der Waals surface area contributed by atoms with E-state index in [9.17, 15) is 0 Å². The lowest BCUT2D eigenvalue weighted by Crippen LogP contribution is -2.08. The van der Waals surface area contributed by atoms with Gasteiger partial charge in [0.1, 0.15) is 0 Å². The Morgan fingerprint density at radius 3 is 2.69 bits per heavy atom. The number of ether oxygens (including phenoxy) is 1. The van der Waals surface area contributed by atoms with Gasteiger partial charge in [-0.1, -0.05) is 27.2 Å². The summed E-state index contributed by atoms with van der Waals surface area (Å²) in [6.07, 6.45) is 2.07. The van der Waals surface area contributed by atoms with Crippen molar-refractivity contribution in [2.75, 3.05) is 6.61 Å². The van der Waals surface area contributed by atoms with Gasteiger partial charge in [0.15, 0.2) is 0 Å². The number of nitrogens with zero attached hydrogens (tertiary/aromatic N) is 1. The Morgan fingerprint density at radius 2 is 2.12 bits per heavy atom. The molecular weight excluding hydrogens is 200 g/mol. The summed E-state index contributed by atoms with van der Waals surface area (Å²) in [7, 11) is 0. The zero-order chi connectivity index (χ0) is 12.0. The van der Waals surface area contributed by atoms with E-state index < -0.39 is 0 Å². The van der Waals surface area contributed by atoms with Gasteiger partial charge in [0.05, 0.1) is 6.61 Å². The van der Waals surface area contributed by atoms with Crippen LogP contribution < -0.4 is 10.5 Å². The Labute approximate surface area is 98.0 Å². The van der Waals surface area contributed by atoms with E-state index in [2.05, 4.69) is 31.8 Å². The lowest BCUT2D eigenvalue weighted by Gasteiger charge is -2.10. The molecular formula is C13H22N2O. The molecule has 1 aromatic rings. The summed E-state index contributed by atoms with van der Waals surface area (Å²) in [6.45, 7) is 7.63. The predicted molar refractivity (Wildman–Crippen MR) is 66.5 cm³/mol. The fourth-order valence-corrected chi connectivity index (χ4v) is 1.45. The highest BCUT2D eigenvalue weighted by molar-refractivity contribution is 5.25. The highest BCUT2D eigenvalue weighted by Gasteiger charge is 2.03. The minimum atomic E-state index is 0.512. The van der Waals surface area contributed by atoms with E-state index in [0.29, 0.717) is 24.9 Å². The van der Waals surface area contributed by atoms with Crippen molar-refractivity contribution >= 4 is 0 Å². The topological polar surface area (TPSA) is 48.1 Å². The van der Waals surface area contributed by atoms with E-state index >= 15 is 0 Å². The average molecular weight is 222 g/mol. The van der Waals surface area contributed by atoms with Crippen LogP contribution in [0.4, 0.5) is 0 Å². The Bertz CT molecular complexity index is 324. The second kappa shape index (κ2) is 6.48. The largest absolute Gasteiger partial charge is 0.477 e. The molecule has 0 aliphatic carbocycles. The van der Waals surface area contributed by atoms with Gasteiger partial charge in [-0.15, -0.1) is 0 Å². The number of aromatic nitrogens is 1. The van der Waals surface area contributed by atoms with Crippen molar-refractivity contribution in [3.05, 3.63) is 23.4 Å². The lowest BCUT2D eigenvalue weighted by atomic mass is 10.1. The molecule has 0 aromatic carbocycles. The average Bonchev–Trinajstić information content (AvgIpc) is 2.26. The van der Waals surface area contributed by atoms with Gasteiger partial charge in [-0.2, -0.15) is 0 Å². The molecule has 90 valence electrons. The number of hydrogen-bond acceptors (Lipinski definition) is 3. The molecule has 0 bridgehead atoms. The SMILES string of the molecule is CCCc1cc(CN)cc(OCC(C)C)n1. The van der Waals surface area contributed by atoms with Crippen LogP contribution in [-0.2, 0) is 13.0 Å². The molecule has 0 aliphatic rings. The predicted octanol–water partition coefficient (Wildman–Crippen LogP) is 2.53. The summed E-state index contributed by atoms with van der Waals surface area (Å²) in [5.74, 6) is 1.22. The van der Waals surface area contributed by atoms with Crippen LogP contribution in [0.3, 0.4) is 0 Å². The van der Waals surface area contributed by atoms with Gasteiger partial charge in [0.2, 0.25) is 5.88 Å². The van der Waals surface area contributed by atoms with E-state index in [1.54, 1.807) is 0 Å². The summed E-state index contributed by atoms with van der Waals surface area (Å²) in [5.41, 5.74) is 7.82. The molecule has 1 heterocycles. The first kappa shape index (κ1) is 13.0. The number of rotatable bonds is 6. The van der Waals surface area contributed by atoms with Crippen LogP contribution in [-0.4, -0.2) is 11.6 Å². The van der Waals surface area contributed by atoms with Crippen LogP contribution in [0.15, 0.2) is 12.1 Å². The zero-order valence-corrected chi connectivity index (χ0v) is 10.5. The Morgan fingerprint density at radius 1 is 1.38 bits per heavy atom. The molecule has 0 spiro atoms. The van der Waals surface area contributed by atoms with Crippen LogP contribution in [0.1, 0.15) is 38.4 Å². The Balaban J connectivity index is 2.77. The van der Waals surface area contributed by atoms with E-state index in [0.717, 1.165) is 24.1 Å². The highest BCUT2D eigenvalue weighted by atomic mass is 16.5. The molecule has 0 saturated carbocycles. The normalized spacial score (nSPS) is 10.8. The molecule has 0 atom stereocenters. The van der Waals surface area contributed by atoms with E-state index in [-0.39, 0.29) is 0 Å². The first-order valence-corrected chi connectivity index (χ1v) is 5.98. The molecule has 2 N–H and O–H groups in total. The van der Waals surface area contributed by atoms with Gasteiger partial charge in [-0.05, 0) is 24.0 Å². The minimum Gasteiger partial charge on any atom is -0.477 e. The minimum absolute atomic E-state index is 0.512. The van der Waals surface area contributed by atoms with Gasteiger partial charge >= 0.3 is 0 Å². The van der Waals surface area contributed by atoms with Gasteiger partial charge in [-0.25, -0.2) is 4.98 Å². The Hall–Kier alpha value is -1.09. The van der Waals surface area contributed by atoms with Gasteiger partial charge in [0.25, 0.3) is 0 Å². The maximum Gasteiger partial charge on any atom is 0.213 e. The second-order valence-corrected chi connectivity index (χ2v) is 4.46. The fraction of sp³-hybridized carbons (Fsp3) is 0.615. The summed E-state index contributed by atoms with van der Waals surface area (Å²) in [5, 5.41) is 0. The van der Waals surface area contributed by atoms with E-state index in [1.807, 2.05) is 6.07 Å². The second-order valence-electron chi connectivity index (χ2n) is 4.46. The zero-order valence-electron chi connectivity index (χ0n) is 10.5. The molecule has 0 saturated heterocycles. The standard InChI is InChI=1S/C13H22N2O/c1-4-5-12-6-11(8-14)7-13(15-12)16-9-10(2)3/h6-7,10H,4-5,8-9,14H2,1-3H3. The number of nitrogens with two attached hydrogens (primary N) is 1.